The van der Waals surface area contributed by atoms with Crippen LogP contribution in [0.4, 0.5) is 0 Å². The van der Waals surface area contributed by atoms with Crippen LogP contribution in [0.25, 0.3) is 0 Å². The van der Waals surface area contributed by atoms with E-state index >= 15 is 0 Å². The number of aliphatic hydroxyl groups is 1. The molecule has 1 N–H and O–H groups in total. The molecule has 0 heterocycles. The number of rotatable bonds is 3. The van der Waals surface area contributed by atoms with Crippen LogP contribution in [0, 0.1) is 17.3 Å². The van der Waals surface area contributed by atoms with Crippen LogP contribution < -0.4 is 0 Å². The van der Waals surface area contributed by atoms with Gasteiger partial charge in [-0.05, 0) is 30.5 Å². The fourth-order valence-electron chi connectivity index (χ4n) is 1.80. The maximum absolute atomic E-state index is 12.7. The Morgan fingerprint density at radius 3 is 2.48 bits per heavy atom. The minimum atomic E-state index is -3.57. The van der Waals surface area contributed by atoms with Crippen molar-refractivity contribution in [2.45, 2.75) is 38.6 Å². The second kappa shape index (κ2) is 6.61. The van der Waals surface area contributed by atoms with Gasteiger partial charge < -0.3 is 5.11 Å². The van der Waals surface area contributed by atoms with Crippen molar-refractivity contribution < 1.29 is 13.5 Å². The standard InChI is InChI=1S/C16H23NO3S/c1-13(16(2,3)4)17(5)21(19,20)15-10-6-8-14(12-15)9-7-11-18/h6,8,10,12-13,18H,11H2,1-5H3. The van der Waals surface area contributed by atoms with E-state index < -0.39 is 10.0 Å². The van der Waals surface area contributed by atoms with Gasteiger partial charge in [0.25, 0.3) is 0 Å². The predicted molar refractivity (Wildman–Crippen MR) is 84.3 cm³/mol. The second-order valence-electron chi connectivity index (χ2n) is 6.05. The Morgan fingerprint density at radius 1 is 1.33 bits per heavy atom. The lowest BCUT2D eigenvalue weighted by Crippen LogP contribution is -2.42. The normalized spacial score (nSPS) is 13.7. The van der Waals surface area contributed by atoms with Gasteiger partial charge in [-0.3, -0.25) is 0 Å². The van der Waals surface area contributed by atoms with Gasteiger partial charge in [0, 0.05) is 18.7 Å². The summed E-state index contributed by atoms with van der Waals surface area (Å²) in [6, 6.07) is 6.32. The monoisotopic (exact) mass is 309 g/mol. The molecule has 0 fully saturated rings. The third kappa shape index (κ3) is 4.31. The van der Waals surface area contributed by atoms with Gasteiger partial charge in [0.2, 0.25) is 10.0 Å². The summed E-state index contributed by atoms with van der Waals surface area (Å²) in [6.45, 7) is 7.66. The van der Waals surface area contributed by atoms with E-state index in [0.29, 0.717) is 5.56 Å². The van der Waals surface area contributed by atoms with E-state index in [1.165, 1.54) is 10.4 Å². The molecule has 0 bridgehead atoms. The first-order chi connectivity index (χ1) is 9.60. The highest BCUT2D eigenvalue weighted by Crippen LogP contribution is 2.27. The van der Waals surface area contributed by atoms with Crippen molar-refractivity contribution in [2.24, 2.45) is 5.41 Å². The molecular weight excluding hydrogens is 286 g/mol. The predicted octanol–water partition coefficient (Wildman–Crippen LogP) is 2.09. The van der Waals surface area contributed by atoms with E-state index in [0.717, 1.165) is 0 Å². The number of hydrogen-bond donors (Lipinski definition) is 1. The number of benzene rings is 1. The van der Waals surface area contributed by atoms with Gasteiger partial charge in [0.05, 0.1) is 4.90 Å². The Morgan fingerprint density at radius 2 is 1.95 bits per heavy atom. The zero-order valence-electron chi connectivity index (χ0n) is 13.2. The Kier molecular flexibility index (Phi) is 5.57. The van der Waals surface area contributed by atoms with Gasteiger partial charge in [-0.1, -0.05) is 38.7 Å². The highest BCUT2D eigenvalue weighted by Gasteiger charge is 2.32. The Hall–Kier alpha value is -1.35. The zero-order chi connectivity index (χ0) is 16.3. The molecule has 1 aromatic carbocycles. The van der Waals surface area contributed by atoms with Crippen LogP contribution in [0.5, 0.6) is 0 Å². The Labute approximate surface area is 127 Å². The van der Waals surface area contributed by atoms with E-state index in [1.54, 1.807) is 25.2 Å². The van der Waals surface area contributed by atoms with Gasteiger partial charge in [0.1, 0.15) is 6.61 Å². The van der Waals surface area contributed by atoms with Crippen LogP contribution in [0.3, 0.4) is 0 Å². The van der Waals surface area contributed by atoms with Crippen molar-refractivity contribution in [3.05, 3.63) is 29.8 Å². The molecule has 1 unspecified atom stereocenters. The first-order valence-electron chi connectivity index (χ1n) is 6.78. The molecule has 5 heteroatoms. The Balaban J connectivity index is 3.19. The van der Waals surface area contributed by atoms with E-state index in [4.69, 9.17) is 5.11 Å². The topological polar surface area (TPSA) is 57.6 Å². The summed E-state index contributed by atoms with van der Waals surface area (Å²) in [7, 11) is -1.97. The Bertz CT molecular complexity index is 648. The first kappa shape index (κ1) is 17.7. The minimum absolute atomic E-state index is 0.144. The summed E-state index contributed by atoms with van der Waals surface area (Å²) < 4.78 is 26.7. The molecule has 0 amide bonds. The highest BCUT2D eigenvalue weighted by atomic mass is 32.2. The van der Waals surface area contributed by atoms with Gasteiger partial charge in [-0.25, -0.2) is 8.42 Å². The third-order valence-corrected chi connectivity index (χ3v) is 5.55. The molecular formula is C16H23NO3S. The van der Waals surface area contributed by atoms with E-state index in [2.05, 4.69) is 11.8 Å². The van der Waals surface area contributed by atoms with Crippen molar-refractivity contribution in [2.75, 3.05) is 13.7 Å². The summed E-state index contributed by atoms with van der Waals surface area (Å²) in [5.74, 6) is 5.24. The average molecular weight is 309 g/mol. The van der Waals surface area contributed by atoms with Crippen LogP contribution in [0.1, 0.15) is 33.3 Å². The lowest BCUT2D eigenvalue weighted by Gasteiger charge is -2.34. The summed E-state index contributed by atoms with van der Waals surface area (Å²) in [6.07, 6.45) is 0. The minimum Gasteiger partial charge on any atom is -0.384 e. The lowest BCUT2D eigenvalue weighted by atomic mass is 9.88. The molecule has 0 radical (unpaired) electrons. The van der Waals surface area contributed by atoms with Gasteiger partial charge in [-0.2, -0.15) is 4.31 Å². The fraction of sp³-hybridized carbons (Fsp3) is 0.500. The molecule has 1 aromatic rings. The molecule has 0 saturated heterocycles. The first-order valence-corrected chi connectivity index (χ1v) is 8.22. The molecule has 0 aromatic heterocycles. The molecule has 116 valence electrons. The van der Waals surface area contributed by atoms with E-state index in [-0.39, 0.29) is 23.0 Å². The summed E-state index contributed by atoms with van der Waals surface area (Å²) in [4.78, 5) is 0.214. The molecule has 0 saturated carbocycles. The molecule has 0 aliphatic heterocycles. The van der Waals surface area contributed by atoms with E-state index in [1.807, 2.05) is 27.7 Å². The third-order valence-electron chi connectivity index (χ3n) is 3.62. The van der Waals surface area contributed by atoms with Gasteiger partial charge in [-0.15, -0.1) is 0 Å². The summed E-state index contributed by atoms with van der Waals surface area (Å²) >= 11 is 0. The van der Waals surface area contributed by atoms with Crippen molar-refractivity contribution >= 4 is 10.0 Å². The average Bonchev–Trinajstić information content (AvgIpc) is 2.42. The van der Waals surface area contributed by atoms with Crippen molar-refractivity contribution in [1.82, 2.24) is 4.31 Å². The van der Waals surface area contributed by atoms with Crippen LogP contribution >= 0.6 is 0 Å². The van der Waals surface area contributed by atoms with Crippen LogP contribution in [-0.4, -0.2) is 37.5 Å². The van der Waals surface area contributed by atoms with Crippen LogP contribution in [0.15, 0.2) is 29.2 Å². The smallest absolute Gasteiger partial charge is 0.243 e. The molecule has 1 rings (SSSR count). The van der Waals surface area contributed by atoms with E-state index in [9.17, 15) is 8.42 Å². The molecule has 4 nitrogen and oxygen atoms in total. The largest absolute Gasteiger partial charge is 0.384 e. The lowest BCUT2D eigenvalue weighted by molar-refractivity contribution is 0.216. The summed E-state index contributed by atoms with van der Waals surface area (Å²) in [5, 5.41) is 8.71. The van der Waals surface area contributed by atoms with Gasteiger partial charge >= 0.3 is 0 Å². The maximum atomic E-state index is 12.7. The highest BCUT2D eigenvalue weighted by molar-refractivity contribution is 7.89. The van der Waals surface area contributed by atoms with Gasteiger partial charge in [0.15, 0.2) is 0 Å². The summed E-state index contributed by atoms with van der Waals surface area (Å²) in [5.41, 5.74) is 0.415. The fourth-order valence-corrected chi connectivity index (χ4v) is 3.39. The van der Waals surface area contributed by atoms with Crippen LogP contribution in [-0.2, 0) is 10.0 Å². The SMILES string of the molecule is CC(N(C)S(=O)(=O)c1cccc(C#CCO)c1)C(C)(C)C. The van der Waals surface area contributed by atoms with Crippen molar-refractivity contribution in [3.8, 4) is 11.8 Å². The quantitative estimate of drug-likeness (QED) is 0.870. The second-order valence-corrected chi connectivity index (χ2v) is 8.05. The van der Waals surface area contributed by atoms with Crippen molar-refractivity contribution in [1.29, 1.82) is 0 Å². The molecule has 0 aliphatic carbocycles. The molecule has 21 heavy (non-hydrogen) atoms. The number of nitrogens with zero attached hydrogens (tertiary/aromatic N) is 1. The molecule has 0 spiro atoms. The molecule has 1 atom stereocenters. The van der Waals surface area contributed by atoms with Crippen molar-refractivity contribution in [3.63, 3.8) is 0 Å². The zero-order valence-corrected chi connectivity index (χ0v) is 14.0. The molecule has 0 aliphatic rings. The van der Waals surface area contributed by atoms with Crippen LogP contribution in [0.2, 0.25) is 0 Å². The maximum Gasteiger partial charge on any atom is 0.243 e. The number of hydrogen-bond acceptors (Lipinski definition) is 3. The number of aliphatic hydroxyl groups excluding tert-OH is 1. The number of sulfonamides is 1.